The van der Waals surface area contributed by atoms with Crippen LogP contribution in [0.1, 0.15) is 53.6 Å². The summed E-state index contributed by atoms with van der Waals surface area (Å²) in [7, 11) is 0. The van der Waals surface area contributed by atoms with Gasteiger partial charge in [0, 0.05) is 23.2 Å². The second-order valence-electron chi connectivity index (χ2n) is 5.29. The number of fused-ring (bicyclic) bond motifs is 1. The van der Waals surface area contributed by atoms with Gasteiger partial charge in [0.25, 0.3) is 0 Å². The minimum atomic E-state index is -0.917. The Hall–Kier alpha value is -1.81. The molecule has 0 saturated carbocycles. The number of carbonyl (C=O) groups is 1. The molecule has 1 atom stereocenters. The van der Waals surface area contributed by atoms with Gasteiger partial charge in [-0.15, -0.1) is 0 Å². The third-order valence-electron chi connectivity index (χ3n) is 3.82. The lowest BCUT2D eigenvalue weighted by Gasteiger charge is -2.10. The fraction of sp³-hybridized carbons (Fsp3) is 0.438. The molecule has 20 heavy (non-hydrogen) atoms. The molecule has 0 amide bonds. The summed E-state index contributed by atoms with van der Waals surface area (Å²) in [5.41, 5.74) is 3.59. The largest absolute Gasteiger partial charge is 0.478 e. The van der Waals surface area contributed by atoms with Gasteiger partial charge in [0.2, 0.25) is 0 Å². The molecule has 108 valence electrons. The topological polar surface area (TPSA) is 62.5 Å². The van der Waals surface area contributed by atoms with Crippen LogP contribution < -0.4 is 0 Å². The van der Waals surface area contributed by atoms with Gasteiger partial charge < -0.3 is 14.8 Å². The number of hydrogen-bond acceptors (Lipinski definition) is 2. The first-order chi connectivity index (χ1) is 9.40. The van der Waals surface area contributed by atoms with Crippen molar-refractivity contribution in [3.63, 3.8) is 0 Å². The number of aliphatic hydroxyl groups excluding tert-OH is 1. The first-order valence-electron chi connectivity index (χ1n) is 6.93. The smallest absolute Gasteiger partial charge is 0.338 e. The Kier molecular flexibility index (Phi) is 3.86. The number of carboxylic acids is 1. The summed E-state index contributed by atoms with van der Waals surface area (Å²) in [6.45, 7) is 8.28. The molecular weight excluding hydrogens is 254 g/mol. The van der Waals surface area contributed by atoms with Crippen LogP contribution in [0.3, 0.4) is 0 Å². The van der Waals surface area contributed by atoms with E-state index in [0.717, 1.165) is 40.7 Å². The summed E-state index contributed by atoms with van der Waals surface area (Å²) in [5.74, 6) is -0.917. The molecule has 0 aliphatic heterocycles. The molecule has 1 aromatic carbocycles. The fourth-order valence-corrected chi connectivity index (χ4v) is 3.00. The number of rotatable bonds is 4. The maximum absolute atomic E-state index is 11.6. The van der Waals surface area contributed by atoms with E-state index in [9.17, 15) is 15.0 Å². The number of aliphatic hydroxyl groups is 1. The highest BCUT2D eigenvalue weighted by atomic mass is 16.4. The van der Waals surface area contributed by atoms with Gasteiger partial charge in [-0.25, -0.2) is 4.79 Å². The van der Waals surface area contributed by atoms with E-state index in [1.165, 1.54) is 0 Å². The third-order valence-corrected chi connectivity index (χ3v) is 3.82. The summed E-state index contributed by atoms with van der Waals surface area (Å²) in [6.07, 6.45) is 0.302. The van der Waals surface area contributed by atoms with Crippen molar-refractivity contribution in [2.24, 2.45) is 0 Å². The molecule has 0 aliphatic rings. The van der Waals surface area contributed by atoms with Gasteiger partial charge in [0.05, 0.1) is 17.2 Å². The monoisotopic (exact) mass is 275 g/mol. The van der Waals surface area contributed by atoms with E-state index in [4.69, 9.17) is 0 Å². The van der Waals surface area contributed by atoms with Crippen molar-refractivity contribution in [2.45, 2.75) is 46.8 Å². The Morgan fingerprint density at radius 3 is 2.50 bits per heavy atom. The summed E-state index contributed by atoms with van der Waals surface area (Å²) in [5, 5.41) is 20.4. The van der Waals surface area contributed by atoms with E-state index in [2.05, 4.69) is 6.92 Å². The average molecular weight is 275 g/mol. The standard InChI is InChI=1S/C16H21NO3/c1-5-8-17-10(3)14(11(4)18)12-7-6-9(2)13(15(12)17)16(19)20/h6-7,11,18H,5,8H2,1-4H3,(H,19,20). The Labute approximate surface area is 118 Å². The normalized spacial score (nSPS) is 12.8. The molecule has 4 nitrogen and oxygen atoms in total. The molecule has 0 aliphatic carbocycles. The predicted molar refractivity (Wildman–Crippen MR) is 79.3 cm³/mol. The van der Waals surface area contributed by atoms with Gasteiger partial charge in [0.15, 0.2) is 0 Å². The Morgan fingerprint density at radius 1 is 1.35 bits per heavy atom. The lowest BCUT2D eigenvalue weighted by atomic mass is 10.0. The van der Waals surface area contributed by atoms with Crippen LogP contribution >= 0.6 is 0 Å². The SMILES string of the molecule is CCCn1c(C)c(C(C)O)c2ccc(C)c(C(=O)O)c21. The van der Waals surface area contributed by atoms with Crippen LogP contribution in [0, 0.1) is 13.8 Å². The zero-order chi connectivity index (χ0) is 15.0. The molecule has 0 bridgehead atoms. The van der Waals surface area contributed by atoms with Crippen molar-refractivity contribution in [1.82, 2.24) is 4.57 Å². The van der Waals surface area contributed by atoms with Gasteiger partial charge in [-0.2, -0.15) is 0 Å². The van der Waals surface area contributed by atoms with Crippen LogP contribution in [-0.2, 0) is 6.54 Å². The first-order valence-corrected chi connectivity index (χ1v) is 6.93. The molecule has 0 spiro atoms. The van der Waals surface area contributed by atoms with Crippen LogP contribution in [0.4, 0.5) is 0 Å². The highest BCUT2D eigenvalue weighted by Crippen LogP contribution is 2.34. The van der Waals surface area contributed by atoms with E-state index in [-0.39, 0.29) is 0 Å². The van der Waals surface area contributed by atoms with Crippen molar-refractivity contribution in [3.8, 4) is 0 Å². The van der Waals surface area contributed by atoms with E-state index in [1.807, 2.05) is 30.5 Å². The maximum atomic E-state index is 11.6. The Bertz CT molecular complexity index is 668. The van der Waals surface area contributed by atoms with Gasteiger partial charge in [0.1, 0.15) is 0 Å². The Balaban J connectivity index is 2.97. The molecule has 4 heteroatoms. The summed E-state index contributed by atoms with van der Waals surface area (Å²) in [6, 6.07) is 3.73. The molecule has 1 unspecified atom stereocenters. The minimum Gasteiger partial charge on any atom is -0.478 e. The van der Waals surface area contributed by atoms with Crippen LogP contribution in [-0.4, -0.2) is 20.7 Å². The summed E-state index contributed by atoms with van der Waals surface area (Å²) >= 11 is 0. The lowest BCUT2D eigenvalue weighted by molar-refractivity contribution is 0.0698. The molecule has 1 aromatic heterocycles. The Morgan fingerprint density at radius 2 is 2.00 bits per heavy atom. The van der Waals surface area contributed by atoms with E-state index in [1.54, 1.807) is 6.92 Å². The highest BCUT2D eigenvalue weighted by molar-refractivity contribution is 6.05. The molecule has 0 radical (unpaired) electrons. The molecule has 1 heterocycles. The van der Waals surface area contributed by atoms with Crippen LogP contribution in [0.15, 0.2) is 12.1 Å². The van der Waals surface area contributed by atoms with Crippen LogP contribution in [0.25, 0.3) is 10.9 Å². The number of benzene rings is 1. The van der Waals surface area contributed by atoms with Crippen molar-refractivity contribution >= 4 is 16.9 Å². The van der Waals surface area contributed by atoms with Crippen LogP contribution in [0.2, 0.25) is 0 Å². The number of aryl methyl sites for hydroxylation is 2. The van der Waals surface area contributed by atoms with Gasteiger partial charge in [-0.05, 0) is 32.8 Å². The van der Waals surface area contributed by atoms with Gasteiger partial charge >= 0.3 is 5.97 Å². The van der Waals surface area contributed by atoms with E-state index >= 15 is 0 Å². The molecular formula is C16H21NO3. The summed E-state index contributed by atoms with van der Waals surface area (Å²) in [4.78, 5) is 11.6. The summed E-state index contributed by atoms with van der Waals surface area (Å²) < 4.78 is 2.02. The zero-order valence-corrected chi connectivity index (χ0v) is 12.4. The predicted octanol–water partition coefficient (Wildman–Crippen LogP) is 3.42. The number of nitrogens with zero attached hydrogens (tertiary/aromatic N) is 1. The molecule has 2 rings (SSSR count). The molecule has 2 aromatic rings. The van der Waals surface area contributed by atoms with Crippen molar-refractivity contribution in [2.75, 3.05) is 0 Å². The minimum absolute atomic E-state index is 0.339. The van der Waals surface area contributed by atoms with Crippen LogP contribution in [0.5, 0.6) is 0 Å². The van der Waals surface area contributed by atoms with Crippen molar-refractivity contribution in [3.05, 3.63) is 34.5 Å². The molecule has 0 saturated heterocycles. The number of hydrogen-bond donors (Lipinski definition) is 2. The van der Waals surface area contributed by atoms with Gasteiger partial charge in [-0.3, -0.25) is 0 Å². The molecule has 2 N–H and O–H groups in total. The van der Waals surface area contributed by atoms with E-state index in [0.29, 0.717) is 5.56 Å². The maximum Gasteiger partial charge on any atom is 0.338 e. The second kappa shape index (κ2) is 5.29. The van der Waals surface area contributed by atoms with E-state index < -0.39 is 12.1 Å². The highest BCUT2D eigenvalue weighted by Gasteiger charge is 2.23. The average Bonchev–Trinajstić information content (AvgIpc) is 2.62. The number of aromatic nitrogens is 1. The number of carboxylic acid groups (broad SMARTS) is 1. The third kappa shape index (κ3) is 2.10. The second-order valence-corrected chi connectivity index (χ2v) is 5.29. The van der Waals surface area contributed by atoms with Crippen molar-refractivity contribution < 1.29 is 15.0 Å². The first kappa shape index (κ1) is 14.6. The fourth-order valence-electron chi connectivity index (χ4n) is 3.00. The number of aromatic carboxylic acids is 1. The van der Waals surface area contributed by atoms with Crippen molar-refractivity contribution in [1.29, 1.82) is 0 Å². The molecule has 0 fully saturated rings. The van der Waals surface area contributed by atoms with Gasteiger partial charge in [-0.1, -0.05) is 19.1 Å². The quantitative estimate of drug-likeness (QED) is 0.898. The lowest BCUT2D eigenvalue weighted by Crippen LogP contribution is -2.06. The zero-order valence-electron chi connectivity index (χ0n) is 12.4.